The summed E-state index contributed by atoms with van der Waals surface area (Å²) in [4.78, 5) is 44.6. The first-order chi connectivity index (χ1) is 19.2. The van der Waals surface area contributed by atoms with Gasteiger partial charge in [0, 0.05) is 32.2 Å². The zero-order valence-corrected chi connectivity index (χ0v) is 24.6. The molecule has 1 amide bonds. The second-order valence-electron chi connectivity index (χ2n) is 9.87. The summed E-state index contributed by atoms with van der Waals surface area (Å²) in [5, 5.41) is 9.84. The van der Waals surface area contributed by atoms with Crippen LogP contribution in [0.1, 0.15) is 48.6 Å². The van der Waals surface area contributed by atoms with Crippen molar-refractivity contribution >= 4 is 51.8 Å². The third kappa shape index (κ3) is 4.41. The smallest absolute Gasteiger partial charge is 0.296 e. The van der Waals surface area contributed by atoms with Gasteiger partial charge in [-0.25, -0.2) is 4.68 Å². The van der Waals surface area contributed by atoms with Gasteiger partial charge >= 0.3 is 0 Å². The number of piperidine rings is 1. The Kier molecular flexibility index (Phi) is 7.57. The average Bonchev–Trinajstić information content (AvgIpc) is 3.35. The molecule has 2 aromatic heterocycles. The SMILES string of the molecule is CCn1c(N2CCCCC2)c(C=C2SC(=S)N(c3c(C)n(C)n(-c4ccccc4)c3=O)C2=O)c(C)c(C#N)c1=O. The van der Waals surface area contributed by atoms with Gasteiger partial charge in [-0.3, -0.25) is 28.5 Å². The van der Waals surface area contributed by atoms with Crippen molar-refractivity contribution in [2.45, 2.75) is 46.6 Å². The van der Waals surface area contributed by atoms with E-state index in [-0.39, 0.29) is 26.7 Å². The molecule has 0 radical (unpaired) electrons. The first-order valence-electron chi connectivity index (χ1n) is 13.3. The van der Waals surface area contributed by atoms with Crippen LogP contribution in [0.4, 0.5) is 11.5 Å². The Morgan fingerprint density at radius 3 is 2.35 bits per heavy atom. The maximum atomic E-state index is 13.9. The number of nitrogens with zero attached hydrogens (tertiary/aromatic N) is 6. The topological polar surface area (TPSA) is 96.3 Å². The Morgan fingerprint density at radius 1 is 1.05 bits per heavy atom. The van der Waals surface area contributed by atoms with Gasteiger partial charge in [0.25, 0.3) is 17.0 Å². The molecule has 0 aliphatic carbocycles. The van der Waals surface area contributed by atoms with Gasteiger partial charge in [-0.15, -0.1) is 0 Å². The normalized spacial score (nSPS) is 16.7. The molecule has 0 atom stereocenters. The lowest BCUT2D eigenvalue weighted by Crippen LogP contribution is -2.37. The fourth-order valence-corrected chi connectivity index (χ4v) is 6.74. The second-order valence-corrected chi connectivity index (χ2v) is 11.5. The van der Waals surface area contributed by atoms with Crippen LogP contribution < -0.4 is 20.9 Å². The third-order valence-corrected chi connectivity index (χ3v) is 8.94. The van der Waals surface area contributed by atoms with Gasteiger partial charge in [0.1, 0.15) is 23.1 Å². The summed E-state index contributed by atoms with van der Waals surface area (Å²) in [6.07, 6.45) is 4.85. The van der Waals surface area contributed by atoms with E-state index in [0.29, 0.717) is 34.0 Å². The molecule has 11 heteroatoms. The van der Waals surface area contributed by atoms with Gasteiger partial charge in [-0.2, -0.15) is 5.26 Å². The summed E-state index contributed by atoms with van der Waals surface area (Å²) in [5.41, 5.74) is 2.07. The van der Waals surface area contributed by atoms with E-state index >= 15 is 0 Å². The average molecular weight is 575 g/mol. The third-order valence-electron chi connectivity index (χ3n) is 7.63. The van der Waals surface area contributed by atoms with Gasteiger partial charge < -0.3 is 4.90 Å². The molecule has 0 unspecified atom stereocenters. The first-order valence-corrected chi connectivity index (χ1v) is 14.5. The first kappa shape index (κ1) is 27.7. The molecular weight excluding hydrogens is 544 g/mol. The lowest BCUT2D eigenvalue weighted by atomic mass is 10.0. The highest BCUT2D eigenvalue weighted by molar-refractivity contribution is 8.27. The lowest BCUT2D eigenvalue weighted by molar-refractivity contribution is -0.113. The highest BCUT2D eigenvalue weighted by Gasteiger charge is 2.38. The number of rotatable bonds is 5. The highest BCUT2D eigenvalue weighted by atomic mass is 32.2. The monoisotopic (exact) mass is 574 g/mol. The predicted molar refractivity (Wildman–Crippen MR) is 163 cm³/mol. The van der Waals surface area contributed by atoms with Crippen molar-refractivity contribution in [3.8, 4) is 11.8 Å². The minimum absolute atomic E-state index is 0.0639. The van der Waals surface area contributed by atoms with Crippen LogP contribution in [0.2, 0.25) is 0 Å². The van der Waals surface area contributed by atoms with Crippen molar-refractivity contribution in [3.05, 3.63) is 78.3 Å². The van der Waals surface area contributed by atoms with Crippen molar-refractivity contribution in [1.82, 2.24) is 13.9 Å². The van der Waals surface area contributed by atoms with Crippen molar-refractivity contribution in [3.63, 3.8) is 0 Å². The van der Waals surface area contributed by atoms with Crippen LogP contribution in [0.15, 0.2) is 44.8 Å². The molecule has 2 aliphatic rings. The Hall–Kier alpha value is -3.88. The molecule has 0 N–H and O–H groups in total. The molecule has 2 aliphatic heterocycles. The van der Waals surface area contributed by atoms with E-state index < -0.39 is 5.91 Å². The molecule has 2 fully saturated rings. The van der Waals surface area contributed by atoms with Crippen LogP contribution in [0, 0.1) is 25.2 Å². The molecule has 3 aromatic rings. The van der Waals surface area contributed by atoms with Crippen molar-refractivity contribution in [2.24, 2.45) is 7.05 Å². The van der Waals surface area contributed by atoms with Crippen LogP contribution in [0.5, 0.6) is 0 Å². The van der Waals surface area contributed by atoms with Crippen LogP contribution in [0.3, 0.4) is 0 Å². The predicted octanol–water partition coefficient (Wildman–Crippen LogP) is 4.24. The minimum atomic E-state index is -0.405. The molecule has 2 saturated heterocycles. The van der Waals surface area contributed by atoms with E-state index in [4.69, 9.17) is 12.2 Å². The fourth-order valence-electron chi connectivity index (χ4n) is 5.49. The van der Waals surface area contributed by atoms with E-state index in [1.807, 2.05) is 37.3 Å². The zero-order valence-electron chi connectivity index (χ0n) is 22.9. The van der Waals surface area contributed by atoms with Gasteiger partial charge in [0.05, 0.1) is 16.3 Å². The van der Waals surface area contributed by atoms with Gasteiger partial charge in [0.2, 0.25) is 0 Å². The second kappa shape index (κ2) is 10.9. The maximum absolute atomic E-state index is 13.9. The Morgan fingerprint density at radius 2 is 1.73 bits per heavy atom. The number of nitriles is 1. The fraction of sp³-hybridized carbons (Fsp3) is 0.345. The van der Waals surface area contributed by atoms with E-state index in [1.165, 1.54) is 9.58 Å². The van der Waals surface area contributed by atoms with E-state index in [1.54, 1.807) is 36.2 Å². The number of hydrogen-bond donors (Lipinski definition) is 0. The molecular formula is C29H30N6O3S2. The quantitative estimate of drug-likeness (QED) is 0.332. The van der Waals surface area contributed by atoms with Gasteiger partial charge in [-0.05, 0) is 63.8 Å². The van der Waals surface area contributed by atoms with Crippen molar-refractivity contribution in [2.75, 3.05) is 22.9 Å². The number of amides is 1. The summed E-state index contributed by atoms with van der Waals surface area (Å²) in [5.74, 6) is 0.314. The molecule has 0 spiro atoms. The molecule has 4 heterocycles. The Labute approximate surface area is 241 Å². The summed E-state index contributed by atoms with van der Waals surface area (Å²) in [6.45, 7) is 7.38. The standard InChI is InChI=1S/C29H30N6O3S2/c1-5-33-25(32-14-10-7-11-15-32)21(18(2)22(17-30)26(33)36)16-23-27(37)34(29(39)40-23)24-19(3)31(4)35(28(24)38)20-12-8-6-9-13-20/h6,8-9,12-13,16H,5,7,10-11,14-15H2,1-4H3. The van der Waals surface area contributed by atoms with Crippen molar-refractivity contribution in [1.29, 1.82) is 5.26 Å². The number of benzene rings is 1. The number of aromatic nitrogens is 3. The number of hydrogen-bond acceptors (Lipinski definition) is 7. The largest absolute Gasteiger partial charge is 0.357 e. The molecule has 40 heavy (non-hydrogen) atoms. The molecule has 206 valence electrons. The Bertz CT molecular complexity index is 1720. The van der Waals surface area contributed by atoms with E-state index in [9.17, 15) is 19.6 Å². The zero-order chi connectivity index (χ0) is 28.7. The number of anilines is 2. The summed E-state index contributed by atoms with van der Waals surface area (Å²) >= 11 is 6.76. The molecule has 5 rings (SSSR count). The van der Waals surface area contributed by atoms with Crippen LogP contribution in [-0.2, 0) is 18.4 Å². The van der Waals surface area contributed by atoms with Gasteiger partial charge in [-0.1, -0.05) is 42.2 Å². The molecule has 0 bridgehead atoms. The van der Waals surface area contributed by atoms with Crippen LogP contribution >= 0.6 is 24.0 Å². The summed E-state index contributed by atoms with van der Waals surface area (Å²) in [7, 11) is 1.77. The minimum Gasteiger partial charge on any atom is -0.357 e. The van der Waals surface area contributed by atoms with Gasteiger partial charge in [0.15, 0.2) is 4.32 Å². The maximum Gasteiger partial charge on any atom is 0.296 e. The van der Waals surface area contributed by atoms with Crippen molar-refractivity contribution < 1.29 is 4.79 Å². The lowest BCUT2D eigenvalue weighted by Gasteiger charge is -2.33. The van der Waals surface area contributed by atoms with Crippen LogP contribution in [-0.4, -0.2) is 37.2 Å². The number of thiocarbonyl (C=S) groups is 1. The number of thioether (sulfide) groups is 1. The number of carbonyl (C=O) groups excluding carboxylic acids is 1. The number of carbonyl (C=O) groups is 1. The Balaban J connectivity index is 1.66. The highest BCUT2D eigenvalue weighted by Crippen LogP contribution is 2.38. The van der Waals surface area contributed by atoms with Crippen LogP contribution in [0.25, 0.3) is 11.8 Å². The number of para-hydroxylation sites is 1. The summed E-state index contributed by atoms with van der Waals surface area (Å²) < 4.78 is 5.11. The molecule has 9 nitrogen and oxygen atoms in total. The number of pyridine rings is 1. The summed E-state index contributed by atoms with van der Waals surface area (Å²) in [6, 6.07) is 11.3. The molecule has 1 aromatic carbocycles. The molecule has 0 saturated carbocycles. The van der Waals surface area contributed by atoms with E-state index in [2.05, 4.69) is 11.0 Å². The van der Waals surface area contributed by atoms with E-state index in [0.717, 1.165) is 49.9 Å².